The van der Waals surface area contributed by atoms with Crippen molar-refractivity contribution in [1.29, 1.82) is 0 Å². The van der Waals surface area contributed by atoms with Crippen molar-refractivity contribution < 1.29 is 0 Å². The number of aryl methyl sites for hydroxylation is 3. The summed E-state index contributed by atoms with van der Waals surface area (Å²) in [6, 6.07) is 10.6. The fourth-order valence-corrected chi connectivity index (χ4v) is 2.32. The molecule has 3 heteroatoms. The summed E-state index contributed by atoms with van der Waals surface area (Å²) in [5.41, 5.74) is 5.65. The maximum atomic E-state index is 4.51. The summed E-state index contributed by atoms with van der Waals surface area (Å²) < 4.78 is 1.89. The van der Waals surface area contributed by atoms with E-state index in [1.165, 1.54) is 11.1 Å². The van der Waals surface area contributed by atoms with Crippen LogP contribution >= 0.6 is 0 Å². The minimum Gasteiger partial charge on any atom is -0.268 e. The molecule has 3 aromatic rings. The molecule has 0 amide bonds. The number of rotatable bonds is 1. The third-order valence-electron chi connectivity index (χ3n) is 3.28. The molecule has 0 aliphatic heterocycles. The number of hydrogen-bond donors (Lipinski definition) is 0. The summed E-state index contributed by atoms with van der Waals surface area (Å²) in [6.07, 6.45) is 1.90. The monoisotopic (exact) mass is 237 g/mol. The number of benzene rings is 1. The van der Waals surface area contributed by atoms with Gasteiger partial charge in [-0.05, 0) is 37.6 Å². The van der Waals surface area contributed by atoms with E-state index in [1.807, 2.05) is 24.9 Å². The van der Waals surface area contributed by atoms with Crippen LogP contribution in [-0.4, -0.2) is 14.8 Å². The minimum atomic E-state index is 1.05. The van der Waals surface area contributed by atoms with E-state index < -0.39 is 0 Å². The van der Waals surface area contributed by atoms with Crippen molar-refractivity contribution >= 4 is 10.9 Å². The molecule has 0 fully saturated rings. The second-order valence-corrected chi connectivity index (χ2v) is 4.63. The highest BCUT2D eigenvalue weighted by Gasteiger charge is 2.06. The average Bonchev–Trinajstić information content (AvgIpc) is 2.71. The number of fused-ring (bicyclic) bond motifs is 1. The summed E-state index contributed by atoms with van der Waals surface area (Å²) in [5.74, 6) is 0. The Labute approximate surface area is 106 Å². The van der Waals surface area contributed by atoms with Crippen molar-refractivity contribution in [1.82, 2.24) is 14.8 Å². The standard InChI is InChI=1S/C15H15N3/c1-10-4-6-14(11(2)17-10)12-5-7-15-13(8-12)9-16-18(15)3/h4-9H,1-3H3. The van der Waals surface area contributed by atoms with Crippen LogP contribution in [0.15, 0.2) is 36.5 Å². The third kappa shape index (κ3) is 1.68. The Hall–Kier alpha value is -2.16. The van der Waals surface area contributed by atoms with Crippen molar-refractivity contribution in [3.63, 3.8) is 0 Å². The van der Waals surface area contributed by atoms with Crippen LogP contribution in [0.4, 0.5) is 0 Å². The minimum absolute atomic E-state index is 1.05. The van der Waals surface area contributed by atoms with Gasteiger partial charge in [-0.2, -0.15) is 5.10 Å². The van der Waals surface area contributed by atoms with Crippen LogP contribution in [0.1, 0.15) is 11.4 Å². The normalized spacial score (nSPS) is 11.1. The molecule has 0 aliphatic rings. The van der Waals surface area contributed by atoms with Crippen molar-refractivity contribution in [2.75, 3.05) is 0 Å². The second kappa shape index (κ2) is 3.95. The first-order valence-corrected chi connectivity index (χ1v) is 6.01. The van der Waals surface area contributed by atoms with Crippen LogP contribution < -0.4 is 0 Å². The van der Waals surface area contributed by atoms with Gasteiger partial charge in [0.05, 0.1) is 11.7 Å². The topological polar surface area (TPSA) is 30.7 Å². The maximum absolute atomic E-state index is 4.51. The number of hydrogen-bond acceptors (Lipinski definition) is 2. The van der Waals surface area contributed by atoms with Gasteiger partial charge in [0, 0.05) is 29.4 Å². The number of nitrogens with zero attached hydrogens (tertiary/aromatic N) is 3. The van der Waals surface area contributed by atoms with Crippen LogP contribution in [0.3, 0.4) is 0 Å². The van der Waals surface area contributed by atoms with Gasteiger partial charge in [-0.25, -0.2) is 0 Å². The van der Waals surface area contributed by atoms with E-state index in [4.69, 9.17) is 0 Å². The highest BCUT2D eigenvalue weighted by atomic mass is 15.2. The first-order chi connectivity index (χ1) is 8.65. The molecule has 18 heavy (non-hydrogen) atoms. The lowest BCUT2D eigenvalue weighted by atomic mass is 10.0. The molecule has 0 aliphatic carbocycles. The first-order valence-electron chi connectivity index (χ1n) is 6.01. The third-order valence-corrected chi connectivity index (χ3v) is 3.28. The van der Waals surface area contributed by atoms with Gasteiger partial charge in [0.1, 0.15) is 0 Å². The van der Waals surface area contributed by atoms with E-state index in [1.54, 1.807) is 0 Å². The smallest absolute Gasteiger partial charge is 0.0679 e. The summed E-state index contributed by atoms with van der Waals surface area (Å²) in [5, 5.41) is 5.43. The molecule has 0 unspecified atom stereocenters. The van der Waals surface area contributed by atoms with Gasteiger partial charge in [0.15, 0.2) is 0 Å². The molecule has 2 aromatic heterocycles. The van der Waals surface area contributed by atoms with Crippen molar-refractivity contribution in [2.45, 2.75) is 13.8 Å². The number of pyridine rings is 1. The highest BCUT2D eigenvalue weighted by Crippen LogP contribution is 2.26. The second-order valence-electron chi connectivity index (χ2n) is 4.63. The SMILES string of the molecule is Cc1ccc(-c2ccc3c(cnn3C)c2)c(C)n1. The van der Waals surface area contributed by atoms with Crippen LogP contribution in [0, 0.1) is 13.8 Å². The van der Waals surface area contributed by atoms with Gasteiger partial charge >= 0.3 is 0 Å². The van der Waals surface area contributed by atoms with E-state index in [-0.39, 0.29) is 0 Å². The fraction of sp³-hybridized carbons (Fsp3) is 0.200. The number of aromatic nitrogens is 3. The predicted molar refractivity (Wildman–Crippen MR) is 73.4 cm³/mol. The lowest BCUT2D eigenvalue weighted by molar-refractivity contribution is 0.797. The van der Waals surface area contributed by atoms with E-state index in [0.717, 1.165) is 22.3 Å². The first kappa shape index (κ1) is 11.0. The van der Waals surface area contributed by atoms with Gasteiger partial charge < -0.3 is 0 Å². The molecule has 1 aromatic carbocycles. The molecule has 0 saturated heterocycles. The average molecular weight is 237 g/mol. The molecule has 0 bridgehead atoms. The lowest BCUT2D eigenvalue weighted by Crippen LogP contribution is -1.91. The molecular weight excluding hydrogens is 222 g/mol. The molecule has 0 saturated carbocycles. The summed E-state index contributed by atoms with van der Waals surface area (Å²) >= 11 is 0. The molecule has 0 N–H and O–H groups in total. The van der Waals surface area contributed by atoms with Crippen molar-refractivity contribution in [3.8, 4) is 11.1 Å². The largest absolute Gasteiger partial charge is 0.268 e. The highest BCUT2D eigenvalue weighted by molar-refractivity contribution is 5.84. The van der Waals surface area contributed by atoms with Crippen LogP contribution in [-0.2, 0) is 7.05 Å². The Bertz CT molecular complexity index is 726. The molecular formula is C15H15N3. The summed E-state index contributed by atoms with van der Waals surface area (Å²) in [7, 11) is 1.96. The van der Waals surface area contributed by atoms with Crippen molar-refractivity contribution in [2.24, 2.45) is 7.05 Å². The van der Waals surface area contributed by atoms with E-state index >= 15 is 0 Å². The molecule has 2 heterocycles. The van der Waals surface area contributed by atoms with Crippen LogP contribution in [0.25, 0.3) is 22.0 Å². The molecule has 0 atom stereocenters. The Morgan fingerprint density at radius 2 is 1.89 bits per heavy atom. The van der Waals surface area contributed by atoms with Crippen molar-refractivity contribution in [3.05, 3.63) is 47.9 Å². The molecule has 0 spiro atoms. The predicted octanol–water partition coefficient (Wildman–Crippen LogP) is 3.25. The zero-order valence-corrected chi connectivity index (χ0v) is 10.8. The molecule has 90 valence electrons. The van der Waals surface area contributed by atoms with Crippen LogP contribution in [0.5, 0.6) is 0 Å². The Balaban J connectivity index is 2.19. The Kier molecular flexibility index (Phi) is 2.40. The fourth-order valence-electron chi connectivity index (χ4n) is 2.32. The van der Waals surface area contributed by atoms with Gasteiger partial charge in [0.2, 0.25) is 0 Å². The van der Waals surface area contributed by atoms with Gasteiger partial charge in [0.25, 0.3) is 0 Å². The quantitative estimate of drug-likeness (QED) is 0.650. The maximum Gasteiger partial charge on any atom is 0.0679 e. The molecule has 0 radical (unpaired) electrons. The summed E-state index contributed by atoms with van der Waals surface area (Å²) in [6.45, 7) is 4.07. The van der Waals surface area contributed by atoms with E-state index in [9.17, 15) is 0 Å². The molecule has 3 nitrogen and oxygen atoms in total. The van der Waals surface area contributed by atoms with Gasteiger partial charge in [-0.1, -0.05) is 12.1 Å². The van der Waals surface area contributed by atoms with E-state index in [2.05, 4.69) is 47.3 Å². The zero-order chi connectivity index (χ0) is 12.7. The zero-order valence-electron chi connectivity index (χ0n) is 10.8. The summed E-state index contributed by atoms with van der Waals surface area (Å²) in [4.78, 5) is 4.51. The van der Waals surface area contributed by atoms with Gasteiger partial charge in [-0.15, -0.1) is 0 Å². The Morgan fingerprint density at radius 3 is 2.67 bits per heavy atom. The Morgan fingerprint density at radius 1 is 1.06 bits per heavy atom. The van der Waals surface area contributed by atoms with Crippen LogP contribution in [0.2, 0.25) is 0 Å². The van der Waals surface area contributed by atoms with E-state index in [0.29, 0.717) is 0 Å². The molecule has 3 rings (SSSR count). The lowest BCUT2D eigenvalue weighted by Gasteiger charge is -2.06. The van der Waals surface area contributed by atoms with Gasteiger partial charge in [-0.3, -0.25) is 9.67 Å².